The number of benzene rings is 1. The summed E-state index contributed by atoms with van der Waals surface area (Å²) in [5, 5.41) is 0.0150. The maximum absolute atomic E-state index is 12.8. The summed E-state index contributed by atoms with van der Waals surface area (Å²) in [6.07, 6.45) is 3.51. The maximum Gasteiger partial charge on any atom is 0.218 e. The Balaban J connectivity index is 1.84. The number of hydrogen-bond acceptors (Lipinski definition) is 4. The van der Waals surface area contributed by atoms with Gasteiger partial charge in [0.1, 0.15) is 9.84 Å². The topological polar surface area (TPSA) is 71.5 Å². The zero-order valence-corrected chi connectivity index (χ0v) is 15.2. The van der Waals surface area contributed by atoms with Crippen LogP contribution < -0.4 is 0 Å². The maximum atomic E-state index is 12.8. The fraction of sp³-hybridized carbons (Fsp3) is 0.600. The Morgan fingerprint density at radius 1 is 1.09 bits per heavy atom. The third-order valence-corrected chi connectivity index (χ3v) is 8.72. The molecule has 23 heavy (non-hydrogen) atoms. The highest BCUT2D eigenvalue weighted by Crippen LogP contribution is 2.40. The number of sulfone groups is 1. The Bertz CT molecular complexity index is 793. The molecule has 0 aromatic heterocycles. The Morgan fingerprint density at radius 3 is 2.17 bits per heavy atom. The largest absolute Gasteiger partial charge is 0.229 e. The van der Waals surface area contributed by atoms with Crippen LogP contribution in [0.2, 0.25) is 5.02 Å². The van der Waals surface area contributed by atoms with Gasteiger partial charge in [-0.15, -0.1) is 0 Å². The summed E-state index contributed by atoms with van der Waals surface area (Å²) in [7, 11) is -6.64. The summed E-state index contributed by atoms with van der Waals surface area (Å²) in [5.74, 6) is -0.136. The molecule has 2 heterocycles. The lowest BCUT2D eigenvalue weighted by molar-refractivity contribution is 0.249. The van der Waals surface area contributed by atoms with Crippen LogP contribution in [0.25, 0.3) is 0 Å². The minimum absolute atomic E-state index is 0.136. The molecule has 0 saturated carbocycles. The first-order valence-corrected chi connectivity index (χ1v) is 11.6. The van der Waals surface area contributed by atoms with Gasteiger partial charge in [0.15, 0.2) is 0 Å². The second kappa shape index (κ2) is 6.02. The third-order valence-electron chi connectivity index (χ3n) is 4.85. The highest BCUT2D eigenvalue weighted by Gasteiger charge is 2.48. The molecular formula is C15H20ClNO4S2. The molecule has 2 aliphatic heterocycles. The predicted molar refractivity (Wildman–Crippen MR) is 90.6 cm³/mol. The zero-order valence-electron chi connectivity index (χ0n) is 12.9. The Labute approximate surface area is 142 Å². The van der Waals surface area contributed by atoms with Crippen molar-refractivity contribution in [3.05, 3.63) is 34.9 Å². The monoisotopic (exact) mass is 377 g/mol. The molecule has 5 nitrogen and oxygen atoms in total. The molecule has 0 amide bonds. The van der Waals surface area contributed by atoms with Gasteiger partial charge in [-0.3, -0.25) is 0 Å². The third kappa shape index (κ3) is 3.43. The molecule has 0 aliphatic carbocycles. The van der Waals surface area contributed by atoms with E-state index in [2.05, 4.69) is 0 Å². The van der Waals surface area contributed by atoms with E-state index in [0.717, 1.165) is 12.8 Å². The van der Waals surface area contributed by atoms with E-state index in [-0.39, 0.29) is 17.8 Å². The van der Waals surface area contributed by atoms with Crippen LogP contribution in [-0.4, -0.2) is 44.7 Å². The smallest absolute Gasteiger partial charge is 0.218 e. The molecule has 0 N–H and O–H groups in total. The molecule has 2 fully saturated rings. The molecule has 2 unspecified atom stereocenters. The van der Waals surface area contributed by atoms with E-state index in [9.17, 15) is 16.8 Å². The molecule has 2 aliphatic rings. The molecule has 8 heteroatoms. The van der Waals surface area contributed by atoms with Crippen molar-refractivity contribution in [3.63, 3.8) is 0 Å². The van der Waals surface area contributed by atoms with E-state index in [1.165, 1.54) is 6.26 Å². The summed E-state index contributed by atoms with van der Waals surface area (Å²) in [6.45, 7) is 0. The van der Waals surface area contributed by atoms with Gasteiger partial charge in [-0.2, -0.15) is 4.31 Å². The number of nitrogens with zero attached hydrogens (tertiary/aromatic N) is 1. The SMILES string of the molecule is CS(=O)(=O)C1CC2CCC(C1)N2S(=O)(=O)Cc1ccccc1Cl. The minimum atomic E-state index is -3.51. The van der Waals surface area contributed by atoms with Gasteiger partial charge in [0.2, 0.25) is 10.0 Å². The van der Waals surface area contributed by atoms with E-state index >= 15 is 0 Å². The average molecular weight is 378 g/mol. The van der Waals surface area contributed by atoms with Gasteiger partial charge >= 0.3 is 0 Å². The van der Waals surface area contributed by atoms with Crippen molar-refractivity contribution in [2.75, 3.05) is 6.26 Å². The van der Waals surface area contributed by atoms with Crippen LogP contribution in [0.5, 0.6) is 0 Å². The molecule has 2 saturated heterocycles. The average Bonchev–Trinajstić information content (AvgIpc) is 2.72. The van der Waals surface area contributed by atoms with Gasteiger partial charge in [-0.25, -0.2) is 16.8 Å². The number of piperidine rings is 1. The van der Waals surface area contributed by atoms with Crippen LogP contribution >= 0.6 is 11.6 Å². The highest BCUT2D eigenvalue weighted by molar-refractivity contribution is 7.91. The van der Waals surface area contributed by atoms with Crippen molar-refractivity contribution in [2.45, 2.75) is 48.8 Å². The summed E-state index contributed by atoms with van der Waals surface area (Å²) in [4.78, 5) is 0. The molecule has 2 bridgehead atoms. The van der Waals surface area contributed by atoms with Crippen molar-refractivity contribution in [2.24, 2.45) is 0 Å². The van der Waals surface area contributed by atoms with Crippen LogP contribution in [-0.2, 0) is 25.6 Å². The van der Waals surface area contributed by atoms with Crippen molar-refractivity contribution in [1.29, 1.82) is 0 Å². The number of hydrogen-bond donors (Lipinski definition) is 0. The standard InChI is InChI=1S/C15H20ClNO4S2/c1-22(18,19)14-8-12-6-7-13(9-14)17(12)23(20,21)10-11-4-2-3-5-15(11)16/h2-5,12-14H,6-10H2,1H3. The first-order valence-electron chi connectivity index (χ1n) is 7.62. The first kappa shape index (κ1) is 17.2. The van der Waals surface area contributed by atoms with Crippen LogP contribution in [0.1, 0.15) is 31.2 Å². The molecule has 3 rings (SSSR count). The van der Waals surface area contributed by atoms with Gasteiger partial charge in [-0.1, -0.05) is 29.8 Å². The first-order chi connectivity index (χ1) is 10.7. The molecular weight excluding hydrogens is 358 g/mol. The molecule has 1 aromatic rings. The predicted octanol–water partition coefficient (Wildman–Crippen LogP) is 2.21. The van der Waals surface area contributed by atoms with E-state index in [1.54, 1.807) is 28.6 Å². The minimum Gasteiger partial charge on any atom is -0.229 e. The second-order valence-electron chi connectivity index (χ2n) is 6.49. The Hall–Kier alpha value is -0.630. The van der Waals surface area contributed by atoms with Crippen molar-refractivity contribution < 1.29 is 16.8 Å². The summed E-state index contributed by atoms with van der Waals surface area (Å²) < 4.78 is 50.9. The quantitative estimate of drug-likeness (QED) is 0.806. The molecule has 128 valence electrons. The van der Waals surface area contributed by atoms with E-state index in [4.69, 9.17) is 11.6 Å². The van der Waals surface area contributed by atoms with Gasteiger partial charge < -0.3 is 0 Å². The highest BCUT2D eigenvalue weighted by atomic mass is 35.5. The van der Waals surface area contributed by atoms with E-state index in [0.29, 0.717) is 23.4 Å². The lowest BCUT2D eigenvalue weighted by Gasteiger charge is -2.37. The van der Waals surface area contributed by atoms with Gasteiger partial charge in [0.05, 0.1) is 11.0 Å². The van der Waals surface area contributed by atoms with E-state index in [1.807, 2.05) is 0 Å². The lowest BCUT2D eigenvalue weighted by Crippen LogP contribution is -2.49. The molecule has 0 radical (unpaired) electrons. The number of halogens is 1. The van der Waals surface area contributed by atoms with Crippen molar-refractivity contribution in [1.82, 2.24) is 4.31 Å². The van der Waals surface area contributed by atoms with Gasteiger partial charge in [-0.05, 0) is 37.3 Å². The second-order valence-corrected chi connectivity index (χ2v) is 11.1. The molecule has 0 spiro atoms. The fourth-order valence-electron chi connectivity index (χ4n) is 3.77. The summed E-state index contributed by atoms with van der Waals surface area (Å²) in [5.41, 5.74) is 0.582. The molecule has 1 aromatic carbocycles. The van der Waals surface area contributed by atoms with E-state index < -0.39 is 25.1 Å². The summed E-state index contributed by atoms with van der Waals surface area (Å²) in [6, 6.07) is 6.50. The Morgan fingerprint density at radius 2 is 1.65 bits per heavy atom. The summed E-state index contributed by atoms with van der Waals surface area (Å²) >= 11 is 6.08. The normalized spacial score (nSPS) is 28.9. The number of sulfonamides is 1. The van der Waals surface area contributed by atoms with Gasteiger partial charge in [0.25, 0.3) is 0 Å². The fourth-order valence-corrected chi connectivity index (χ4v) is 7.28. The molecule has 2 atom stereocenters. The van der Waals surface area contributed by atoms with Crippen molar-refractivity contribution >= 4 is 31.5 Å². The number of rotatable bonds is 4. The van der Waals surface area contributed by atoms with Crippen LogP contribution in [0.3, 0.4) is 0 Å². The zero-order chi connectivity index (χ0) is 16.8. The van der Waals surface area contributed by atoms with Crippen LogP contribution in [0.15, 0.2) is 24.3 Å². The van der Waals surface area contributed by atoms with Gasteiger partial charge in [0, 0.05) is 23.4 Å². The van der Waals surface area contributed by atoms with Crippen LogP contribution in [0.4, 0.5) is 0 Å². The van der Waals surface area contributed by atoms with Crippen molar-refractivity contribution in [3.8, 4) is 0 Å². The lowest BCUT2D eigenvalue weighted by atomic mass is 10.1. The Kier molecular flexibility index (Phi) is 4.50. The van der Waals surface area contributed by atoms with Crippen LogP contribution in [0, 0.1) is 0 Å². The number of fused-ring (bicyclic) bond motifs is 2.